The van der Waals surface area contributed by atoms with Crippen LogP contribution in [0.5, 0.6) is 11.5 Å². The van der Waals surface area contributed by atoms with Crippen molar-refractivity contribution in [3.63, 3.8) is 0 Å². The Morgan fingerprint density at radius 2 is 2.00 bits per heavy atom. The molecule has 8 nitrogen and oxygen atoms in total. The summed E-state index contributed by atoms with van der Waals surface area (Å²) in [5, 5.41) is 14.3. The van der Waals surface area contributed by atoms with E-state index in [2.05, 4.69) is 10.3 Å². The predicted octanol–water partition coefficient (Wildman–Crippen LogP) is 1.91. The molecule has 2 aliphatic rings. The van der Waals surface area contributed by atoms with Crippen LogP contribution >= 0.6 is 0 Å². The third-order valence-corrected chi connectivity index (χ3v) is 4.79. The number of carbonyl (C=O) groups is 2. The van der Waals surface area contributed by atoms with Gasteiger partial charge in [-0.1, -0.05) is 6.07 Å². The van der Waals surface area contributed by atoms with Crippen molar-refractivity contribution in [2.45, 2.75) is 17.9 Å². The molecule has 3 atom stereocenters. The van der Waals surface area contributed by atoms with E-state index in [1.807, 2.05) is 0 Å². The van der Waals surface area contributed by atoms with Gasteiger partial charge in [-0.3, -0.25) is 9.78 Å². The first-order chi connectivity index (χ1) is 13.7. The van der Waals surface area contributed by atoms with Crippen LogP contribution in [0.25, 0.3) is 0 Å². The van der Waals surface area contributed by atoms with Gasteiger partial charge in [0, 0.05) is 18.0 Å². The lowest BCUT2D eigenvalue weighted by Gasteiger charge is -2.45. The van der Waals surface area contributed by atoms with E-state index in [-0.39, 0.29) is 23.7 Å². The highest BCUT2D eigenvalue weighted by Crippen LogP contribution is 2.45. The molecule has 0 unspecified atom stereocenters. The van der Waals surface area contributed by atoms with Crippen molar-refractivity contribution in [3.05, 3.63) is 53.9 Å². The molecule has 2 aliphatic heterocycles. The third kappa shape index (κ3) is 3.12. The van der Waals surface area contributed by atoms with Crippen LogP contribution in [-0.4, -0.2) is 40.6 Å². The fraction of sp³-hybridized carbons (Fsp3) is 0.278. The van der Waals surface area contributed by atoms with Gasteiger partial charge >= 0.3 is 12.2 Å². The molecule has 11 heteroatoms. The minimum Gasteiger partial charge on any atom is -0.454 e. The van der Waals surface area contributed by atoms with Gasteiger partial charge in [-0.15, -0.1) is 0 Å². The van der Waals surface area contributed by atoms with Gasteiger partial charge in [0.05, 0.1) is 6.04 Å². The minimum atomic E-state index is -5.33. The number of aliphatic hydroxyl groups is 1. The molecule has 0 aliphatic carbocycles. The van der Waals surface area contributed by atoms with Crippen LogP contribution in [0.4, 0.5) is 18.0 Å². The predicted molar refractivity (Wildman–Crippen MR) is 90.0 cm³/mol. The molecule has 3 N–H and O–H groups in total. The SMILES string of the molecule is O=C1N[C@H](c2ccc3c(c2)OCO3)[C@H](C(=O)c2cccnc2)[C@](O)(C(F)(F)F)N1. The smallest absolute Gasteiger partial charge is 0.437 e. The summed E-state index contributed by atoms with van der Waals surface area (Å²) in [5.41, 5.74) is -3.82. The molecule has 1 aromatic carbocycles. The summed E-state index contributed by atoms with van der Waals surface area (Å²) in [6.07, 6.45) is -2.89. The average molecular weight is 409 g/mol. The molecule has 1 fully saturated rings. The van der Waals surface area contributed by atoms with E-state index in [9.17, 15) is 27.9 Å². The molecule has 0 saturated carbocycles. The van der Waals surface area contributed by atoms with Gasteiger partial charge in [0.15, 0.2) is 17.3 Å². The lowest BCUT2D eigenvalue weighted by atomic mass is 9.77. The van der Waals surface area contributed by atoms with Crippen molar-refractivity contribution < 1.29 is 37.3 Å². The highest BCUT2D eigenvalue weighted by atomic mass is 19.4. The number of hydrogen-bond acceptors (Lipinski definition) is 6. The molecule has 2 aromatic rings. The number of carbonyl (C=O) groups excluding carboxylic acids is 2. The molecule has 0 spiro atoms. The summed E-state index contributed by atoms with van der Waals surface area (Å²) in [6.45, 7) is -0.0676. The second kappa shape index (κ2) is 6.62. The number of amides is 2. The molecule has 1 aromatic heterocycles. The largest absolute Gasteiger partial charge is 0.454 e. The van der Waals surface area contributed by atoms with Gasteiger partial charge < -0.3 is 25.2 Å². The van der Waals surface area contributed by atoms with Crippen molar-refractivity contribution in [3.8, 4) is 11.5 Å². The number of urea groups is 1. The van der Waals surface area contributed by atoms with Gasteiger partial charge in [0.25, 0.3) is 0 Å². The molecule has 4 rings (SSSR count). The Morgan fingerprint density at radius 3 is 2.69 bits per heavy atom. The number of halogens is 3. The second-order valence-electron chi connectivity index (χ2n) is 6.54. The first-order valence-electron chi connectivity index (χ1n) is 8.42. The maximum atomic E-state index is 13.8. The Morgan fingerprint density at radius 1 is 1.24 bits per heavy atom. The molecule has 0 bridgehead atoms. The van der Waals surface area contributed by atoms with Crippen molar-refractivity contribution in [2.24, 2.45) is 5.92 Å². The topological polar surface area (TPSA) is 110 Å². The summed E-state index contributed by atoms with van der Waals surface area (Å²) >= 11 is 0. The molecule has 2 amide bonds. The van der Waals surface area contributed by atoms with E-state index in [4.69, 9.17) is 9.47 Å². The Kier molecular flexibility index (Phi) is 4.34. The maximum Gasteiger partial charge on any atom is 0.437 e. The first kappa shape index (κ1) is 19.0. The number of alkyl halides is 3. The number of rotatable bonds is 3. The van der Waals surface area contributed by atoms with Crippen LogP contribution in [0.15, 0.2) is 42.7 Å². The standard InChI is InChI=1S/C18H14F3N3O5/c19-18(20,21)17(27)13(15(25)10-2-1-5-22-7-10)14(23-16(26)24-17)9-3-4-11-12(6-9)29-8-28-11/h1-7,13-14,27H,8H2,(H2,23,24,26)/t13-,14-,17+/m1/s1. The quantitative estimate of drug-likeness (QED) is 0.669. The third-order valence-electron chi connectivity index (χ3n) is 4.79. The number of ether oxygens (including phenoxy) is 2. The van der Waals surface area contributed by atoms with Gasteiger partial charge in [0.1, 0.15) is 5.92 Å². The van der Waals surface area contributed by atoms with Crippen LogP contribution in [0, 0.1) is 5.92 Å². The van der Waals surface area contributed by atoms with E-state index in [1.165, 1.54) is 41.8 Å². The van der Waals surface area contributed by atoms with Crippen LogP contribution in [0.1, 0.15) is 22.0 Å². The summed E-state index contributed by atoms with van der Waals surface area (Å²) in [6, 6.07) is 4.08. The van der Waals surface area contributed by atoms with Gasteiger partial charge in [-0.25, -0.2) is 4.79 Å². The van der Waals surface area contributed by atoms with E-state index >= 15 is 0 Å². The second-order valence-corrected chi connectivity index (χ2v) is 6.54. The fourth-order valence-corrected chi connectivity index (χ4v) is 3.41. The zero-order chi connectivity index (χ0) is 20.8. The number of Topliss-reactive ketones (excluding diaryl/α,β-unsaturated/α-hetero) is 1. The molecule has 152 valence electrons. The number of aromatic nitrogens is 1. The van der Waals surface area contributed by atoms with E-state index < -0.39 is 35.7 Å². The summed E-state index contributed by atoms with van der Waals surface area (Å²) in [7, 11) is 0. The average Bonchev–Trinajstić information content (AvgIpc) is 3.14. The highest BCUT2D eigenvalue weighted by molar-refractivity contribution is 6.00. The Bertz CT molecular complexity index is 969. The number of nitrogens with zero attached hydrogens (tertiary/aromatic N) is 1. The van der Waals surface area contributed by atoms with Crippen molar-refractivity contribution in [1.82, 2.24) is 15.6 Å². The number of ketones is 1. The molecular weight excluding hydrogens is 395 g/mol. The molecule has 0 radical (unpaired) electrons. The van der Waals surface area contributed by atoms with Gasteiger partial charge in [0.2, 0.25) is 12.5 Å². The molecular formula is C18H14F3N3O5. The molecule has 1 saturated heterocycles. The van der Waals surface area contributed by atoms with Gasteiger partial charge in [-0.2, -0.15) is 13.2 Å². The Labute approximate surface area is 161 Å². The molecule has 29 heavy (non-hydrogen) atoms. The summed E-state index contributed by atoms with van der Waals surface area (Å²) in [4.78, 5) is 28.8. The van der Waals surface area contributed by atoms with Crippen LogP contribution < -0.4 is 20.1 Å². The first-order valence-corrected chi connectivity index (χ1v) is 8.42. The lowest BCUT2D eigenvalue weighted by molar-refractivity contribution is -0.287. The fourth-order valence-electron chi connectivity index (χ4n) is 3.41. The van der Waals surface area contributed by atoms with Crippen LogP contribution in [-0.2, 0) is 0 Å². The number of pyridine rings is 1. The van der Waals surface area contributed by atoms with Crippen molar-refractivity contribution in [1.29, 1.82) is 0 Å². The number of hydrogen-bond donors (Lipinski definition) is 3. The summed E-state index contributed by atoms with van der Waals surface area (Å²) < 4.78 is 51.9. The van der Waals surface area contributed by atoms with Crippen molar-refractivity contribution >= 4 is 11.8 Å². The van der Waals surface area contributed by atoms with Crippen LogP contribution in [0.3, 0.4) is 0 Å². The normalized spacial score (nSPS) is 25.9. The summed E-state index contributed by atoms with van der Waals surface area (Å²) in [5.74, 6) is -2.56. The number of fused-ring (bicyclic) bond motifs is 1. The zero-order valence-electron chi connectivity index (χ0n) is 14.6. The van der Waals surface area contributed by atoms with E-state index in [1.54, 1.807) is 0 Å². The zero-order valence-corrected chi connectivity index (χ0v) is 14.6. The van der Waals surface area contributed by atoms with Crippen molar-refractivity contribution in [2.75, 3.05) is 6.79 Å². The van der Waals surface area contributed by atoms with Crippen LogP contribution in [0.2, 0.25) is 0 Å². The Hall–Kier alpha value is -3.34. The molecule has 3 heterocycles. The number of benzene rings is 1. The van der Waals surface area contributed by atoms with Gasteiger partial charge in [-0.05, 0) is 29.8 Å². The minimum absolute atomic E-state index is 0.0676. The lowest BCUT2D eigenvalue weighted by Crippen LogP contribution is -2.72. The maximum absolute atomic E-state index is 13.8. The monoisotopic (exact) mass is 409 g/mol. The van der Waals surface area contributed by atoms with E-state index in [0.29, 0.717) is 5.75 Å². The Balaban J connectivity index is 1.84. The number of nitrogens with one attached hydrogen (secondary N) is 2. The highest BCUT2D eigenvalue weighted by Gasteiger charge is 2.66. The van der Waals surface area contributed by atoms with E-state index in [0.717, 1.165) is 6.20 Å².